The van der Waals surface area contributed by atoms with Gasteiger partial charge < -0.3 is 31.9 Å². The van der Waals surface area contributed by atoms with Crippen LogP contribution >= 0.6 is 0 Å². The number of carbonyl (C=O) groups excluding carboxylic acids is 2. The molecule has 138 valence electrons. The lowest BCUT2D eigenvalue weighted by Crippen LogP contribution is -2.41. The van der Waals surface area contributed by atoms with Gasteiger partial charge in [0.15, 0.2) is 0 Å². The number of amides is 4. The number of primary amides is 2. The molecule has 0 unspecified atom stereocenters. The van der Waals surface area contributed by atoms with Gasteiger partial charge in [-0.15, -0.1) is 0 Å². The molecule has 2 rings (SSSR count). The highest BCUT2D eigenvalue weighted by molar-refractivity contribution is 5.95. The number of carbonyl (C=O) groups is 2. The van der Waals surface area contributed by atoms with Crippen LogP contribution in [0.25, 0.3) is 11.1 Å². The van der Waals surface area contributed by atoms with E-state index in [-0.39, 0.29) is 22.5 Å². The fourth-order valence-electron chi connectivity index (χ4n) is 2.19. The molecule has 0 atom stereocenters. The Morgan fingerprint density at radius 1 is 0.654 bits per heavy atom. The van der Waals surface area contributed by atoms with E-state index in [4.69, 9.17) is 23.2 Å². The van der Waals surface area contributed by atoms with E-state index in [1.165, 1.54) is 0 Å². The van der Waals surface area contributed by atoms with E-state index in [0.29, 0.717) is 10.0 Å². The van der Waals surface area contributed by atoms with E-state index >= 15 is 0 Å². The van der Waals surface area contributed by atoms with Crippen molar-refractivity contribution in [1.29, 1.82) is 0 Å². The standard InChI is InChI=1S/C14H16N6O6/c15-13(25)19(17)7-3-9(21)5(1-11(7)23)6-2-12(24)8(4-10(6)22)20(18)14(16)26/h1-4,21-24H,17-18H2,(H2,15,25)(H2,16,26). The predicted molar refractivity (Wildman–Crippen MR) is 91.0 cm³/mol. The Bertz CT molecular complexity index is 828. The number of nitrogens with zero attached hydrogens (tertiary/aromatic N) is 2. The molecule has 0 heterocycles. The summed E-state index contributed by atoms with van der Waals surface area (Å²) in [6, 6.07) is 1.64. The van der Waals surface area contributed by atoms with E-state index < -0.39 is 35.1 Å². The third kappa shape index (κ3) is 3.17. The number of aromatic hydroxyl groups is 4. The molecule has 12 N–H and O–H groups in total. The molecule has 2 aromatic rings. The Balaban J connectivity index is 2.59. The largest absolute Gasteiger partial charge is 0.507 e. The zero-order valence-corrected chi connectivity index (χ0v) is 13.1. The zero-order chi connectivity index (χ0) is 19.8. The van der Waals surface area contributed by atoms with Crippen molar-refractivity contribution in [3.8, 4) is 34.1 Å². The number of nitrogens with two attached hydrogens (primary N) is 4. The summed E-state index contributed by atoms with van der Waals surface area (Å²) >= 11 is 0. The Labute approximate surface area is 146 Å². The summed E-state index contributed by atoms with van der Waals surface area (Å²) in [5.74, 6) is 8.64. The molecule has 2 aromatic carbocycles. The molecule has 0 aromatic heterocycles. The van der Waals surface area contributed by atoms with Crippen LogP contribution < -0.4 is 33.2 Å². The number of hydrogen-bond acceptors (Lipinski definition) is 8. The normalized spacial score (nSPS) is 10.4. The Hall–Kier alpha value is -3.90. The van der Waals surface area contributed by atoms with E-state index in [0.717, 1.165) is 24.3 Å². The molecule has 4 amide bonds. The molecule has 0 fully saturated rings. The van der Waals surface area contributed by atoms with Crippen LogP contribution in [0, 0.1) is 0 Å². The van der Waals surface area contributed by atoms with Crippen LogP contribution in [-0.2, 0) is 0 Å². The average Bonchev–Trinajstić information content (AvgIpc) is 2.56. The van der Waals surface area contributed by atoms with Gasteiger partial charge in [-0.25, -0.2) is 31.3 Å². The third-order valence-corrected chi connectivity index (χ3v) is 3.47. The monoisotopic (exact) mass is 364 g/mol. The summed E-state index contributed by atoms with van der Waals surface area (Å²) in [6.07, 6.45) is 0. The quantitative estimate of drug-likeness (QED) is 0.155. The van der Waals surface area contributed by atoms with Gasteiger partial charge in [0.05, 0.1) is 0 Å². The summed E-state index contributed by atoms with van der Waals surface area (Å²) in [7, 11) is 0. The minimum atomic E-state index is -1.09. The van der Waals surface area contributed by atoms with Crippen molar-refractivity contribution < 1.29 is 30.0 Å². The van der Waals surface area contributed by atoms with Crippen LogP contribution in [0.3, 0.4) is 0 Å². The van der Waals surface area contributed by atoms with Gasteiger partial charge in [-0.3, -0.25) is 0 Å². The molecule has 0 aliphatic heterocycles. The van der Waals surface area contributed by atoms with Crippen molar-refractivity contribution in [2.75, 3.05) is 10.0 Å². The van der Waals surface area contributed by atoms with Crippen molar-refractivity contribution in [3.05, 3.63) is 24.3 Å². The fraction of sp³-hybridized carbons (Fsp3) is 0. The topological polar surface area (TPSA) is 226 Å². The first-order chi connectivity index (χ1) is 12.0. The number of phenolic OH excluding ortho intramolecular Hbond substituents is 4. The molecule has 12 nitrogen and oxygen atoms in total. The van der Waals surface area contributed by atoms with Crippen molar-refractivity contribution >= 4 is 23.4 Å². The number of rotatable bonds is 3. The maximum atomic E-state index is 11.1. The Kier molecular flexibility index (Phi) is 4.64. The number of phenols is 4. The number of anilines is 2. The summed E-state index contributed by atoms with van der Waals surface area (Å²) in [4.78, 5) is 22.2. The van der Waals surface area contributed by atoms with E-state index in [9.17, 15) is 30.0 Å². The second-order valence-corrected chi connectivity index (χ2v) is 5.13. The van der Waals surface area contributed by atoms with Gasteiger partial charge in [0, 0.05) is 23.3 Å². The summed E-state index contributed by atoms with van der Waals surface area (Å²) < 4.78 is 0. The van der Waals surface area contributed by atoms with E-state index in [1.807, 2.05) is 0 Å². The van der Waals surface area contributed by atoms with Gasteiger partial charge in [-0.2, -0.15) is 0 Å². The third-order valence-electron chi connectivity index (χ3n) is 3.47. The molecule has 0 aliphatic rings. The van der Waals surface area contributed by atoms with Crippen LogP contribution in [0.4, 0.5) is 21.0 Å². The van der Waals surface area contributed by atoms with E-state index in [2.05, 4.69) is 0 Å². The van der Waals surface area contributed by atoms with Crippen LogP contribution in [0.1, 0.15) is 0 Å². The van der Waals surface area contributed by atoms with Crippen molar-refractivity contribution in [2.45, 2.75) is 0 Å². The maximum absolute atomic E-state index is 11.1. The van der Waals surface area contributed by atoms with Gasteiger partial charge >= 0.3 is 12.1 Å². The van der Waals surface area contributed by atoms with Gasteiger partial charge in [0.2, 0.25) is 0 Å². The van der Waals surface area contributed by atoms with E-state index in [1.54, 1.807) is 0 Å². The first kappa shape index (κ1) is 18.4. The van der Waals surface area contributed by atoms with Gasteiger partial charge in [0.25, 0.3) is 0 Å². The molecule has 26 heavy (non-hydrogen) atoms. The van der Waals surface area contributed by atoms with Crippen molar-refractivity contribution in [2.24, 2.45) is 23.2 Å². The van der Waals surface area contributed by atoms with Gasteiger partial charge in [0.1, 0.15) is 34.4 Å². The predicted octanol–water partition coefficient (Wildman–Crippen LogP) is -0.306. The summed E-state index contributed by atoms with van der Waals surface area (Å²) in [5.41, 5.74) is 9.16. The van der Waals surface area contributed by atoms with Crippen molar-refractivity contribution in [3.63, 3.8) is 0 Å². The number of benzene rings is 2. The number of hydrogen-bond donors (Lipinski definition) is 8. The second kappa shape index (κ2) is 6.54. The Morgan fingerprint density at radius 3 is 1.23 bits per heavy atom. The lowest BCUT2D eigenvalue weighted by Gasteiger charge is -2.19. The van der Waals surface area contributed by atoms with Crippen LogP contribution in [0.5, 0.6) is 23.0 Å². The highest BCUT2D eigenvalue weighted by Crippen LogP contribution is 2.45. The zero-order valence-electron chi connectivity index (χ0n) is 13.1. The highest BCUT2D eigenvalue weighted by Gasteiger charge is 2.21. The number of urea groups is 2. The molecule has 0 saturated heterocycles. The second-order valence-electron chi connectivity index (χ2n) is 5.13. The first-order valence-electron chi connectivity index (χ1n) is 6.85. The molecular weight excluding hydrogens is 348 g/mol. The highest BCUT2D eigenvalue weighted by atomic mass is 16.3. The minimum Gasteiger partial charge on any atom is -0.507 e. The SMILES string of the molecule is NC(=O)N(N)c1cc(O)c(-c2cc(O)c(N(N)C(N)=O)cc2O)cc1O. The molecule has 0 aliphatic carbocycles. The van der Waals surface area contributed by atoms with Gasteiger partial charge in [-0.1, -0.05) is 0 Å². The smallest absolute Gasteiger partial charge is 0.333 e. The van der Waals surface area contributed by atoms with Crippen LogP contribution in [0.2, 0.25) is 0 Å². The Morgan fingerprint density at radius 2 is 0.962 bits per heavy atom. The lowest BCUT2D eigenvalue weighted by molar-refractivity contribution is 0.253. The molecule has 0 radical (unpaired) electrons. The first-order valence-corrected chi connectivity index (χ1v) is 6.85. The summed E-state index contributed by atoms with van der Waals surface area (Å²) in [6.45, 7) is 0. The molecule has 0 bridgehead atoms. The maximum Gasteiger partial charge on any atom is 0.333 e. The lowest BCUT2D eigenvalue weighted by atomic mass is 10.0. The van der Waals surface area contributed by atoms with Crippen LogP contribution in [0.15, 0.2) is 24.3 Å². The molecule has 0 spiro atoms. The summed E-state index contributed by atoms with van der Waals surface area (Å²) in [5, 5.41) is 41.1. The molecule has 0 saturated carbocycles. The van der Waals surface area contributed by atoms with Crippen LogP contribution in [-0.4, -0.2) is 32.5 Å². The van der Waals surface area contributed by atoms with Gasteiger partial charge in [-0.05, 0) is 12.1 Å². The fourth-order valence-corrected chi connectivity index (χ4v) is 2.19. The average molecular weight is 364 g/mol. The minimum absolute atomic E-state index is 0.119. The van der Waals surface area contributed by atoms with Crippen molar-refractivity contribution in [1.82, 2.24) is 0 Å². The number of hydrazine groups is 2. The molecular formula is C14H16N6O6. The molecule has 12 heteroatoms.